The SMILES string of the molecule is CCC[C@H](NCc1cnc(C(=O)Nc2cccc(-c3cccc(NC(=O)c4cc(C)c(CN[C@@H](CO)C(=O)O)cn4)c3C)c2C)cc1C)C(=O)O. The van der Waals surface area contributed by atoms with Gasteiger partial charge in [-0.25, -0.2) is 0 Å². The first-order chi connectivity index (χ1) is 24.3. The Labute approximate surface area is 296 Å². The third-order valence-electron chi connectivity index (χ3n) is 8.79. The first-order valence-electron chi connectivity index (χ1n) is 16.6. The van der Waals surface area contributed by atoms with E-state index >= 15 is 0 Å². The van der Waals surface area contributed by atoms with E-state index in [1.165, 1.54) is 6.20 Å². The van der Waals surface area contributed by atoms with Crippen LogP contribution >= 0.6 is 0 Å². The van der Waals surface area contributed by atoms with Crippen LogP contribution in [0, 0.1) is 27.7 Å². The van der Waals surface area contributed by atoms with Gasteiger partial charge < -0.3 is 31.3 Å². The highest BCUT2D eigenvalue weighted by molar-refractivity contribution is 6.05. The number of pyridine rings is 2. The molecule has 0 aliphatic heterocycles. The van der Waals surface area contributed by atoms with Crippen molar-refractivity contribution in [2.45, 2.75) is 72.6 Å². The van der Waals surface area contributed by atoms with Crippen molar-refractivity contribution < 1.29 is 34.5 Å². The van der Waals surface area contributed by atoms with Gasteiger partial charge >= 0.3 is 11.9 Å². The van der Waals surface area contributed by atoms with E-state index in [2.05, 4.69) is 31.2 Å². The van der Waals surface area contributed by atoms with Gasteiger partial charge in [-0.3, -0.25) is 34.5 Å². The van der Waals surface area contributed by atoms with E-state index in [1.807, 2.05) is 52.0 Å². The minimum atomic E-state index is -1.16. The predicted molar refractivity (Wildman–Crippen MR) is 194 cm³/mol. The molecule has 0 aliphatic carbocycles. The van der Waals surface area contributed by atoms with Gasteiger partial charge in [0.15, 0.2) is 0 Å². The molecule has 268 valence electrons. The van der Waals surface area contributed by atoms with Crippen molar-refractivity contribution >= 4 is 35.1 Å². The Bertz CT molecular complexity index is 1930. The van der Waals surface area contributed by atoms with Crippen LogP contribution < -0.4 is 21.3 Å². The van der Waals surface area contributed by atoms with E-state index in [-0.39, 0.29) is 23.8 Å². The number of nitrogens with one attached hydrogen (secondary N) is 4. The van der Waals surface area contributed by atoms with Crippen molar-refractivity contribution in [3.63, 3.8) is 0 Å². The summed E-state index contributed by atoms with van der Waals surface area (Å²) >= 11 is 0. The zero-order valence-corrected chi connectivity index (χ0v) is 29.3. The summed E-state index contributed by atoms with van der Waals surface area (Å²) in [5.41, 5.74) is 8.00. The monoisotopic (exact) mass is 696 g/mol. The van der Waals surface area contributed by atoms with Crippen molar-refractivity contribution in [2.24, 2.45) is 0 Å². The number of aliphatic carboxylic acids is 2. The number of carboxylic acids is 2. The fraction of sp³-hybridized carbons (Fsp3) is 0.316. The van der Waals surface area contributed by atoms with Crippen LogP contribution in [0.15, 0.2) is 60.9 Å². The van der Waals surface area contributed by atoms with Gasteiger partial charge in [-0.1, -0.05) is 37.6 Å². The number of carbonyl (C=O) groups excluding carboxylic acids is 2. The Kier molecular flexibility index (Phi) is 13.1. The minimum Gasteiger partial charge on any atom is -0.480 e. The van der Waals surface area contributed by atoms with Crippen molar-refractivity contribution in [1.29, 1.82) is 0 Å². The van der Waals surface area contributed by atoms with Crippen molar-refractivity contribution in [3.05, 3.63) is 106 Å². The molecular formula is C38H44N6O7. The molecule has 13 nitrogen and oxygen atoms in total. The molecule has 0 saturated heterocycles. The lowest BCUT2D eigenvalue weighted by Crippen LogP contribution is -2.39. The number of amides is 2. The number of carbonyl (C=O) groups is 4. The number of hydrogen-bond donors (Lipinski definition) is 7. The normalized spacial score (nSPS) is 12.2. The number of anilines is 2. The number of nitrogens with zero attached hydrogens (tertiary/aromatic N) is 2. The molecule has 2 heterocycles. The van der Waals surface area contributed by atoms with E-state index in [0.29, 0.717) is 29.9 Å². The lowest BCUT2D eigenvalue weighted by molar-refractivity contribution is -0.141. The summed E-state index contributed by atoms with van der Waals surface area (Å²) in [6.45, 7) is 9.31. The lowest BCUT2D eigenvalue weighted by atomic mass is 9.94. The smallest absolute Gasteiger partial charge is 0.323 e. The Morgan fingerprint density at radius 1 is 0.686 bits per heavy atom. The van der Waals surface area contributed by atoms with Crippen LogP contribution in [-0.2, 0) is 22.7 Å². The topological polar surface area (TPSA) is 203 Å². The zero-order valence-electron chi connectivity index (χ0n) is 29.3. The largest absolute Gasteiger partial charge is 0.480 e. The van der Waals surface area contributed by atoms with Crippen LogP contribution in [0.5, 0.6) is 0 Å². The van der Waals surface area contributed by atoms with E-state index in [9.17, 15) is 29.4 Å². The molecule has 2 amide bonds. The summed E-state index contributed by atoms with van der Waals surface area (Å²) in [6.07, 6.45) is 4.35. The van der Waals surface area contributed by atoms with Gasteiger partial charge in [0.1, 0.15) is 23.5 Å². The van der Waals surface area contributed by atoms with Crippen LogP contribution in [0.4, 0.5) is 11.4 Å². The maximum Gasteiger partial charge on any atom is 0.323 e. The van der Waals surface area contributed by atoms with Crippen molar-refractivity contribution in [1.82, 2.24) is 20.6 Å². The maximum atomic E-state index is 13.3. The standard InChI is InChI=1S/C38H44N6O7/c1-6-9-31(37(48)49)39-16-25-17-40-32(14-21(25)2)35(46)43-29-12-7-10-27(23(29)4)28-11-8-13-30(24(28)5)44-36(47)33-15-22(3)26(18-41-33)19-42-34(20-45)38(50)51/h7-8,10-15,17-18,31,34,39,42,45H,6,9,16,19-20H2,1-5H3,(H,43,46)(H,44,47)(H,48,49)(H,50,51)/t31-,34-/m0/s1. The Balaban J connectivity index is 1.47. The molecule has 0 spiro atoms. The summed E-state index contributed by atoms with van der Waals surface area (Å²) in [6, 6.07) is 12.7. The van der Waals surface area contributed by atoms with Crippen LogP contribution in [0.25, 0.3) is 11.1 Å². The number of rotatable bonds is 16. The highest BCUT2D eigenvalue weighted by Crippen LogP contribution is 2.34. The van der Waals surface area contributed by atoms with Crippen LogP contribution in [0.3, 0.4) is 0 Å². The molecule has 7 N–H and O–H groups in total. The molecule has 4 rings (SSSR count). The van der Waals surface area contributed by atoms with E-state index in [4.69, 9.17) is 5.11 Å². The molecule has 0 unspecified atom stereocenters. The second-order valence-corrected chi connectivity index (χ2v) is 12.4. The maximum absolute atomic E-state index is 13.3. The number of hydrogen-bond acceptors (Lipinski definition) is 9. The average molecular weight is 697 g/mol. The van der Waals surface area contributed by atoms with Crippen molar-refractivity contribution in [3.8, 4) is 11.1 Å². The molecule has 4 aromatic rings. The van der Waals surface area contributed by atoms with Gasteiger partial charge in [0.2, 0.25) is 0 Å². The summed E-state index contributed by atoms with van der Waals surface area (Å²) in [5.74, 6) is -2.86. The fourth-order valence-corrected chi connectivity index (χ4v) is 5.58. The molecule has 0 fully saturated rings. The number of carboxylic acid groups (broad SMARTS) is 2. The summed E-state index contributed by atoms with van der Waals surface area (Å²) < 4.78 is 0. The molecule has 0 saturated carbocycles. The molecule has 13 heteroatoms. The fourth-order valence-electron chi connectivity index (χ4n) is 5.58. The van der Waals surface area contributed by atoms with Crippen LogP contribution in [-0.4, -0.2) is 67.7 Å². The van der Waals surface area contributed by atoms with Crippen LogP contribution in [0.2, 0.25) is 0 Å². The number of aliphatic hydroxyl groups excluding tert-OH is 1. The van der Waals surface area contributed by atoms with Gasteiger partial charge in [-0.05, 0) is 103 Å². The quantitative estimate of drug-likeness (QED) is 0.0851. The second kappa shape index (κ2) is 17.4. The third kappa shape index (κ3) is 9.60. The zero-order chi connectivity index (χ0) is 37.2. The van der Waals surface area contributed by atoms with Gasteiger partial charge in [0.25, 0.3) is 11.8 Å². The Hall–Kier alpha value is -5.50. The lowest BCUT2D eigenvalue weighted by Gasteiger charge is -2.17. The number of aryl methyl sites for hydroxylation is 2. The molecule has 51 heavy (non-hydrogen) atoms. The second-order valence-electron chi connectivity index (χ2n) is 12.4. The molecule has 0 bridgehead atoms. The first kappa shape index (κ1) is 38.3. The van der Waals surface area contributed by atoms with Crippen LogP contribution in [0.1, 0.15) is 74.1 Å². The molecule has 2 aromatic heterocycles. The first-order valence-corrected chi connectivity index (χ1v) is 16.6. The summed E-state index contributed by atoms with van der Waals surface area (Å²) in [4.78, 5) is 57.8. The highest BCUT2D eigenvalue weighted by atomic mass is 16.4. The third-order valence-corrected chi connectivity index (χ3v) is 8.79. The molecule has 2 atom stereocenters. The summed E-state index contributed by atoms with van der Waals surface area (Å²) in [5, 5.41) is 39.5. The van der Waals surface area contributed by atoms with E-state index < -0.39 is 36.5 Å². The van der Waals surface area contributed by atoms with E-state index in [1.54, 1.807) is 37.4 Å². The number of aliphatic hydroxyl groups is 1. The van der Waals surface area contributed by atoms with E-state index in [0.717, 1.165) is 45.4 Å². The molecule has 0 radical (unpaired) electrons. The highest BCUT2D eigenvalue weighted by Gasteiger charge is 2.19. The minimum absolute atomic E-state index is 0.161. The molecular weight excluding hydrogens is 652 g/mol. The summed E-state index contributed by atoms with van der Waals surface area (Å²) in [7, 11) is 0. The van der Waals surface area contributed by atoms with Crippen molar-refractivity contribution in [2.75, 3.05) is 17.2 Å². The number of benzene rings is 2. The number of aromatic nitrogens is 2. The molecule has 0 aliphatic rings. The van der Waals surface area contributed by atoms with Gasteiger partial charge in [-0.15, -0.1) is 0 Å². The van der Waals surface area contributed by atoms with Gasteiger partial charge in [-0.2, -0.15) is 0 Å². The van der Waals surface area contributed by atoms with Gasteiger partial charge in [0.05, 0.1) is 6.61 Å². The van der Waals surface area contributed by atoms with Gasteiger partial charge in [0, 0.05) is 36.9 Å². The molecule has 2 aromatic carbocycles. The Morgan fingerprint density at radius 3 is 1.49 bits per heavy atom. The average Bonchev–Trinajstić information content (AvgIpc) is 3.09. The Morgan fingerprint density at radius 2 is 1.12 bits per heavy atom. The predicted octanol–water partition coefficient (Wildman–Crippen LogP) is 4.76.